The van der Waals surface area contributed by atoms with E-state index < -0.39 is 0 Å². The molecule has 3 rings (SSSR count). The number of carbonyl (C=O) groups is 1. The van der Waals surface area contributed by atoms with Gasteiger partial charge in [-0.2, -0.15) is 0 Å². The first-order valence-electron chi connectivity index (χ1n) is 6.63. The zero-order valence-corrected chi connectivity index (χ0v) is 13.6. The molecule has 0 bridgehead atoms. The molecule has 4 nitrogen and oxygen atoms in total. The van der Waals surface area contributed by atoms with Gasteiger partial charge in [-0.1, -0.05) is 23.4 Å². The summed E-state index contributed by atoms with van der Waals surface area (Å²) in [4.78, 5) is 14.8. The fraction of sp³-hybridized carbons (Fsp3) is 0.188. The number of hydrogen-bond acceptors (Lipinski definition) is 4. The van der Waals surface area contributed by atoms with Crippen molar-refractivity contribution in [3.8, 4) is 11.5 Å². The number of amides is 1. The van der Waals surface area contributed by atoms with Crippen LogP contribution in [0.25, 0.3) is 0 Å². The summed E-state index contributed by atoms with van der Waals surface area (Å²) in [6.45, 7) is 1.52. The van der Waals surface area contributed by atoms with Gasteiger partial charge < -0.3 is 9.84 Å². The van der Waals surface area contributed by atoms with Gasteiger partial charge in [0, 0.05) is 22.9 Å². The number of halogens is 1. The number of aromatic hydroxyl groups is 1. The highest BCUT2D eigenvalue weighted by Gasteiger charge is 2.34. The molecule has 1 heterocycles. The van der Waals surface area contributed by atoms with Gasteiger partial charge >= 0.3 is 0 Å². The van der Waals surface area contributed by atoms with Crippen LogP contribution in [0.1, 0.15) is 17.9 Å². The van der Waals surface area contributed by atoms with Gasteiger partial charge in [-0.3, -0.25) is 9.69 Å². The van der Waals surface area contributed by atoms with Crippen molar-refractivity contribution in [2.75, 3.05) is 12.0 Å². The molecule has 1 amide bonds. The van der Waals surface area contributed by atoms with E-state index in [-0.39, 0.29) is 17.0 Å². The molecule has 0 radical (unpaired) electrons. The van der Waals surface area contributed by atoms with Crippen LogP contribution in [0.2, 0.25) is 5.02 Å². The number of anilines is 1. The van der Waals surface area contributed by atoms with E-state index in [1.54, 1.807) is 34.9 Å². The Morgan fingerprint density at radius 1 is 1.32 bits per heavy atom. The molecule has 1 unspecified atom stereocenters. The summed E-state index contributed by atoms with van der Waals surface area (Å²) in [5, 5.41) is 10.2. The van der Waals surface area contributed by atoms with Gasteiger partial charge in [0.15, 0.2) is 0 Å². The van der Waals surface area contributed by atoms with Crippen LogP contribution >= 0.6 is 23.4 Å². The summed E-state index contributed by atoms with van der Waals surface area (Å²) in [6, 6.07) is 10.5. The molecule has 114 valence electrons. The molecule has 22 heavy (non-hydrogen) atoms. The molecule has 6 heteroatoms. The maximum atomic E-state index is 12.1. The van der Waals surface area contributed by atoms with E-state index in [4.69, 9.17) is 16.3 Å². The number of benzene rings is 2. The smallest absolute Gasteiger partial charge is 0.225 e. The third kappa shape index (κ3) is 2.62. The Morgan fingerprint density at radius 3 is 2.77 bits per heavy atom. The summed E-state index contributed by atoms with van der Waals surface area (Å²) >= 11 is 7.59. The van der Waals surface area contributed by atoms with Gasteiger partial charge in [-0.05, 0) is 35.9 Å². The van der Waals surface area contributed by atoms with Crippen molar-refractivity contribution in [2.45, 2.75) is 17.2 Å². The Kier molecular flexibility index (Phi) is 3.93. The van der Waals surface area contributed by atoms with Gasteiger partial charge in [0.2, 0.25) is 5.91 Å². The molecule has 1 N–H and O–H groups in total. The van der Waals surface area contributed by atoms with Crippen LogP contribution in [-0.4, -0.2) is 18.1 Å². The number of carbonyl (C=O) groups excluding carboxylic acids is 1. The van der Waals surface area contributed by atoms with Crippen LogP contribution in [-0.2, 0) is 4.79 Å². The lowest BCUT2D eigenvalue weighted by atomic mass is 10.1. The Hall–Kier alpha value is -1.85. The molecule has 1 aliphatic rings. The summed E-state index contributed by atoms with van der Waals surface area (Å²) < 4.78 is 5.19. The minimum atomic E-state index is -0.257. The van der Waals surface area contributed by atoms with Crippen molar-refractivity contribution in [1.82, 2.24) is 0 Å². The fourth-order valence-electron chi connectivity index (χ4n) is 2.50. The minimum Gasteiger partial charge on any atom is -0.508 e. The maximum Gasteiger partial charge on any atom is 0.225 e. The topological polar surface area (TPSA) is 49.8 Å². The first-order chi connectivity index (χ1) is 10.5. The van der Waals surface area contributed by atoms with E-state index in [1.807, 2.05) is 12.1 Å². The Balaban J connectivity index is 2.08. The number of thioether (sulfide) groups is 1. The fourth-order valence-corrected chi connectivity index (χ4v) is 3.97. The number of phenolic OH excluding ortho intramolecular Hbond substituents is 1. The number of methoxy groups -OCH3 is 1. The predicted octanol–water partition coefficient (Wildman–Crippen LogP) is 4.21. The average Bonchev–Trinajstić information content (AvgIpc) is 2.85. The standard InChI is InChI=1S/C16H14ClNO3S/c1-9(19)18-14-7-11(17)3-4-15(14)22-16(18)10-5-12(20)8-13(6-10)21-2/h3-8,16,20H,1-2H3. The van der Waals surface area contributed by atoms with Crippen molar-refractivity contribution in [1.29, 1.82) is 0 Å². The molecule has 1 atom stereocenters. The molecule has 2 aromatic rings. The van der Waals surface area contributed by atoms with Crippen molar-refractivity contribution in [3.05, 3.63) is 47.0 Å². The number of nitrogens with zero attached hydrogens (tertiary/aromatic N) is 1. The van der Waals surface area contributed by atoms with Gasteiger partial charge in [-0.15, -0.1) is 0 Å². The Labute approximate surface area is 137 Å². The molecule has 0 aliphatic carbocycles. The van der Waals surface area contributed by atoms with Crippen LogP contribution in [0.5, 0.6) is 11.5 Å². The molecule has 0 saturated heterocycles. The van der Waals surface area contributed by atoms with Crippen molar-refractivity contribution >= 4 is 35.0 Å². The Morgan fingerprint density at radius 2 is 2.09 bits per heavy atom. The second kappa shape index (κ2) is 5.74. The third-order valence-electron chi connectivity index (χ3n) is 3.43. The molecule has 1 aliphatic heterocycles. The number of phenols is 1. The molecule has 2 aromatic carbocycles. The van der Waals surface area contributed by atoms with E-state index >= 15 is 0 Å². The Bertz CT molecular complexity index is 750. The van der Waals surface area contributed by atoms with E-state index in [2.05, 4.69) is 0 Å². The minimum absolute atomic E-state index is 0.0826. The highest BCUT2D eigenvalue weighted by molar-refractivity contribution is 8.00. The summed E-state index contributed by atoms with van der Waals surface area (Å²) in [5.74, 6) is 0.571. The lowest BCUT2D eigenvalue weighted by Crippen LogP contribution is -2.28. The number of rotatable bonds is 2. The lowest BCUT2D eigenvalue weighted by Gasteiger charge is -2.24. The first-order valence-corrected chi connectivity index (χ1v) is 7.89. The average molecular weight is 336 g/mol. The lowest BCUT2D eigenvalue weighted by molar-refractivity contribution is -0.116. The maximum absolute atomic E-state index is 12.1. The molecule has 0 fully saturated rings. The highest BCUT2D eigenvalue weighted by Crippen LogP contribution is 2.52. The molecule has 0 saturated carbocycles. The monoisotopic (exact) mass is 335 g/mol. The van der Waals surface area contributed by atoms with E-state index in [0.29, 0.717) is 10.8 Å². The van der Waals surface area contributed by atoms with Gasteiger partial charge in [0.25, 0.3) is 0 Å². The quantitative estimate of drug-likeness (QED) is 0.893. The number of fused-ring (bicyclic) bond motifs is 1. The van der Waals surface area contributed by atoms with Crippen LogP contribution in [0.3, 0.4) is 0 Å². The largest absolute Gasteiger partial charge is 0.508 e. The normalized spacial score (nSPS) is 16.5. The molecular weight excluding hydrogens is 322 g/mol. The zero-order chi connectivity index (χ0) is 15.9. The van der Waals surface area contributed by atoms with Crippen molar-refractivity contribution in [2.24, 2.45) is 0 Å². The third-order valence-corrected chi connectivity index (χ3v) is 4.97. The second-order valence-electron chi connectivity index (χ2n) is 4.94. The zero-order valence-electron chi connectivity index (χ0n) is 12.0. The molecular formula is C16H14ClNO3S. The van der Waals surface area contributed by atoms with Crippen molar-refractivity contribution in [3.63, 3.8) is 0 Å². The SMILES string of the molecule is COc1cc(O)cc(C2Sc3ccc(Cl)cc3N2C(C)=O)c1. The number of hydrogen-bond donors (Lipinski definition) is 1. The summed E-state index contributed by atoms with van der Waals surface area (Å²) in [7, 11) is 1.54. The second-order valence-corrected chi connectivity index (χ2v) is 6.49. The van der Waals surface area contributed by atoms with Crippen LogP contribution < -0.4 is 9.64 Å². The summed E-state index contributed by atoms with van der Waals surface area (Å²) in [5.41, 5.74) is 1.58. The predicted molar refractivity (Wildman–Crippen MR) is 87.9 cm³/mol. The van der Waals surface area contributed by atoms with Crippen LogP contribution in [0, 0.1) is 0 Å². The van der Waals surface area contributed by atoms with Crippen LogP contribution in [0.4, 0.5) is 5.69 Å². The van der Waals surface area contributed by atoms with Gasteiger partial charge in [0.1, 0.15) is 16.9 Å². The molecule has 0 spiro atoms. The van der Waals surface area contributed by atoms with Crippen molar-refractivity contribution < 1.29 is 14.6 Å². The van der Waals surface area contributed by atoms with E-state index in [9.17, 15) is 9.90 Å². The highest BCUT2D eigenvalue weighted by atomic mass is 35.5. The van der Waals surface area contributed by atoms with Gasteiger partial charge in [-0.25, -0.2) is 0 Å². The van der Waals surface area contributed by atoms with E-state index in [0.717, 1.165) is 16.1 Å². The van der Waals surface area contributed by atoms with Gasteiger partial charge in [0.05, 0.1) is 12.8 Å². The van der Waals surface area contributed by atoms with Crippen LogP contribution in [0.15, 0.2) is 41.3 Å². The molecule has 0 aromatic heterocycles. The van der Waals surface area contributed by atoms with E-state index in [1.165, 1.54) is 20.1 Å². The number of ether oxygens (including phenoxy) is 1. The first kappa shape index (κ1) is 15.1. The summed E-state index contributed by atoms with van der Waals surface area (Å²) in [6.07, 6.45) is 0.